The van der Waals surface area contributed by atoms with Crippen molar-refractivity contribution in [1.29, 1.82) is 5.26 Å². The van der Waals surface area contributed by atoms with E-state index >= 15 is 0 Å². The number of carbonyl (C=O) groups is 1. The molecular weight excluding hydrogens is 386 g/mol. The monoisotopic (exact) mass is 409 g/mol. The topological polar surface area (TPSA) is 56.6 Å². The highest BCUT2D eigenvalue weighted by atomic mass is 16.5. The summed E-state index contributed by atoms with van der Waals surface area (Å²) in [4.78, 5) is 17.5. The second-order valence-electron chi connectivity index (χ2n) is 7.38. The molecule has 1 aliphatic heterocycles. The van der Waals surface area contributed by atoms with Gasteiger partial charge in [-0.15, -0.1) is 0 Å². The van der Waals surface area contributed by atoms with Gasteiger partial charge < -0.3 is 14.5 Å². The number of hydrogen-bond donors (Lipinski definition) is 0. The molecular formula is C26H23N3O2. The van der Waals surface area contributed by atoms with Crippen LogP contribution in [-0.2, 0) is 4.79 Å². The van der Waals surface area contributed by atoms with Gasteiger partial charge in [0.25, 0.3) is 5.91 Å². The van der Waals surface area contributed by atoms with E-state index in [0.29, 0.717) is 5.56 Å². The zero-order chi connectivity index (χ0) is 21.8. The molecule has 1 aliphatic rings. The Kier molecular flexibility index (Phi) is 5.72. The highest BCUT2D eigenvalue weighted by Crippen LogP contribution is 2.36. The molecule has 0 saturated heterocycles. The van der Waals surface area contributed by atoms with Crippen molar-refractivity contribution >= 4 is 11.6 Å². The summed E-state index contributed by atoms with van der Waals surface area (Å²) in [7, 11) is 1.62. The first-order valence-corrected chi connectivity index (χ1v) is 10.1. The Morgan fingerprint density at radius 3 is 2.39 bits per heavy atom. The Labute approximate surface area is 182 Å². The lowest BCUT2D eigenvalue weighted by Gasteiger charge is -2.39. The summed E-state index contributed by atoms with van der Waals surface area (Å²) in [6.45, 7) is 2.02. The maximum Gasteiger partial charge on any atom is 0.254 e. The number of amides is 1. The van der Waals surface area contributed by atoms with E-state index in [1.165, 1.54) is 0 Å². The number of benzene rings is 3. The van der Waals surface area contributed by atoms with E-state index in [2.05, 4.69) is 6.07 Å². The van der Waals surface area contributed by atoms with Crippen LogP contribution in [0.5, 0.6) is 5.75 Å². The molecule has 1 amide bonds. The van der Waals surface area contributed by atoms with Crippen molar-refractivity contribution in [1.82, 2.24) is 4.90 Å². The number of carbonyl (C=O) groups excluding carboxylic acids is 1. The third kappa shape index (κ3) is 4.01. The number of anilines is 1. The normalized spacial score (nSPS) is 16.7. The predicted octanol–water partition coefficient (Wildman–Crippen LogP) is 5.19. The Morgan fingerprint density at radius 2 is 1.71 bits per heavy atom. The lowest BCUT2D eigenvalue weighted by Crippen LogP contribution is -2.44. The van der Waals surface area contributed by atoms with E-state index in [4.69, 9.17) is 4.74 Å². The van der Waals surface area contributed by atoms with Crippen LogP contribution in [0.3, 0.4) is 0 Å². The molecule has 4 rings (SSSR count). The van der Waals surface area contributed by atoms with Gasteiger partial charge in [-0.25, -0.2) is 0 Å². The van der Waals surface area contributed by atoms with Crippen molar-refractivity contribution in [3.63, 3.8) is 0 Å². The van der Waals surface area contributed by atoms with Gasteiger partial charge >= 0.3 is 0 Å². The molecule has 31 heavy (non-hydrogen) atoms. The molecule has 1 heterocycles. The molecule has 5 nitrogen and oxygen atoms in total. The number of nitriles is 1. The standard InChI is InChI=1S/C26H23N3O2/c1-19(21-8-4-3-5-9-21)28-15-16-29(23-10-6-7-20(17-23)18-27)25(26(28)30)22-11-13-24(31-2)14-12-22/h3-17,19,25H,1-2H3. The zero-order valence-corrected chi connectivity index (χ0v) is 17.5. The van der Waals surface area contributed by atoms with Crippen molar-refractivity contribution < 1.29 is 9.53 Å². The van der Waals surface area contributed by atoms with Crippen LogP contribution in [0.1, 0.15) is 35.7 Å². The van der Waals surface area contributed by atoms with Crippen molar-refractivity contribution in [2.45, 2.75) is 19.0 Å². The fourth-order valence-electron chi connectivity index (χ4n) is 3.84. The van der Waals surface area contributed by atoms with Crippen molar-refractivity contribution in [3.8, 4) is 11.8 Å². The van der Waals surface area contributed by atoms with Crippen LogP contribution >= 0.6 is 0 Å². The van der Waals surface area contributed by atoms with Crippen LogP contribution in [0.25, 0.3) is 0 Å². The zero-order valence-electron chi connectivity index (χ0n) is 17.5. The molecule has 0 bridgehead atoms. The van der Waals surface area contributed by atoms with Gasteiger partial charge in [-0.3, -0.25) is 4.79 Å². The lowest BCUT2D eigenvalue weighted by molar-refractivity contribution is -0.132. The summed E-state index contributed by atoms with van der Waals surface area (Å²) >= 11 is 0. The van der Waals surface area contributed by atoms with Gasteiger partial charge in [0.05, 0.1) is 24.8 Å². The maximum atomic E-state index is 13.8. The maximum absolute atomic E-state index is 13.8. The number of hydrogen-bond acceptors (Lipinski definition) is 4. The van der Waals surface area contributed by atoms with Crippen molar-refractivity contribution in [2.75, 3.05) is 12.0 Å². The molecule has 0 fully saturated rings. The summed E-state index contributed by atoms with van der Waals surface area (Å²) < 4.78 is 5.28. The van der Waals surface area contributed by atoms with Crippen LogP contribution in [0.2, 0.25) is 0 Å². The molecule has 0 N–H and O–H groups in total. The molecule has 0 aromatic heterocycles. The molecule has 2 atom stereocenters. The number of rotatable bonds is 5. The van der Waals surface area contributed by atoms with Gasteiger partial charge in [0.2, 0.25) is 0 Å². The molecule has 5 heteroatoms. The summed E-state index contributed by atoms with van der Waals surface area (Å²) in [5.41, 5.74) is 3.25. The van der Waals surface area contributed by atoms with Crippen molar-refractivity contribution in [3.05, 3.63) is 108 Å². The quantitative estimate of drug-likeness (QED) is 0.582. The Balaban J connectivity index is 1.77. The first kappa shape index (κ1) is 20.2. The highest BCUT2D eigenvalue weighted by Gasteiger charge is 2.36. The minimum Gasteiger partial charge on any atom is -0.497 e. The van der Waals surface area contributed by atoms with E-state index in [9.17, 15) is 10.1 Å². The Bertz CT molecular complexity index is 1130. The summed E-state index contributed by atoms with van der Waals surface area (Å²) in [6, 6.07) is 26.3. The van der Waals surface area contributed by atoms with Gasteiger partial charge in [-0.05, 0) is 48.4 Å². The van der Waals surface area contributed by atoms with Crippen LogP contribution in [-0.4, -0.2) is 17.9 Å². The van der Waals surface area contributed by atoms with Gasteiger partial charge in [0.15, 0.2) is 0 Å². The summed E-state index contributed by atoms with van der Waals surface area (Å²) in [5, 5.41) is 9.32. The van der Waals surface area contributed by atoms with E-state index in [0.717, 1.165) is 22.6 Å². The fraction of sp³-hybridized carbons (Fsp3) is 0.154. The smallest absolute Gasteiger partial charge is 0.254 e. The van der Waals surface area contributed by atoms with E-state index in [1.807, 2.05) is 91.0 Å². The molecule has 3 aromatic rings. The first-order chi connectivity index (χ1) is 15.1. The minimum absolute atomic E-state index is 0.0358. The second kappa shape index (κ2) is 8.76. The predicted molar refractivity (Wildman–Crippen MR) is 120 cm³/mol. The third-order valence-corrected chi connectivity index (χ3v) is 5.56. The lowest BCUT2D eigenvalue weighted by atomic mass is 9.99. The summed E-state index contributed by atoms with van der Waals surface area (Å²) in [6.07, 6.45) is 3.73. The minimum atomic E-state index is -0.559. The van der Waals surface area contributed by atoms with Crippen LogP contribution in [0.15, 0.2) is 91.3 Å². The Hall–Kier alpha value is -4.04. The highest BCUT2D eigenvalue weighted by molar-refractivity contribution is 5.90. The Morgan fingerprint density at radius 1 is 0.968 bits per heavy atom. The molecule has 0 spiro atoms. The largest absolute Gasteiger partial charge is 0.497 e. The summed E-state index contributed by atoms with van der Waals surface area (Å²) in [5.74, 6) is 0.696. The molecule has 0 saturated carbocycles. The molecule has 0 aliphatic carbocycles. The van der Waals surface area contributed by atoms with Gasteiger partial charge in [-0.1, -0.05) is 48.5 Å². The van der Waals surface area contributed by atoms with Crippen LogP contribution in [0, 0.1) is 11.3 Å². The number of methoxy groups -OCH3 is 1. The number of nitrogens with zero attached hydrogens (tertiary/aromatic N) is 3. The fourth-order valence-corrected chi connectivity index (χ4v) is 3.84. The van der Waals surface area contributed by atoms with E-state index in [1.54, 1.807) is 24.1 Å². The van der Waals surface area contributed by atoms with Crippen LogP contribution < -0.4 is 9.64 Å². The van der Waals surface area contributed by atoms with Crippen molar-refractivity contribution in [2.24, 2.45) is 0 Å². The number of ether oxygens (including phenoxy) is 1. The average molecular weight is 409 g/mol. The van der Waals surface area contributed by atoms with E-state index in [-0.39, 0.29) is 11.9 Å². The molecule has 3 aromatic carbocycles. The van der Waals surface area contributed by atoms with Crippen LogP contribution in [0.4, 0.5) is 5.69 Å². The molecule has 2 unspecified atom stereocenters. The van der Waals surface area contributed by atoms with Gasteiger partial charge in [-0.2, -0.15) is 5.26 Å². The SMILES string of the molecule is COc1ccc(C2C(=O)N(C(C)c3ccccc3)C=CN2c2cccc(C#N)c2)cc1. The molecule has 154 valence electrons. The van der Waals surface area contributed by atoms with E-state index < -0.39 is 6.04 Å². The van der Waals surface area contributed by atoms with Gasteiger partial charge in [0.1, 0.15) is 11.8 Å². The molecule has 0 radical (unpaired) electrons. The third-order valence-electron chi connectivity index (χ3n) is 5.56. The van der Waals surface area contributed by atoms with Gasteiger partial charge in [0, 0.05) is 18.1 Å². The average Bonchev–Trinajstić information content (AvgIpc) is 2.84. The first-order valence-electron chi connectivity index (χ1n) is 10.1. The second-order valence-corrected chi connectivity index (χ2v) is 7.38.